The third-order valence-corrected chi connectivity index (χ3v) is 8.41. The van der Waals surface area contributed by atoms with Crippen LogP contribution in [0.3, 0.4) is 0 Å². The number of nitrogens with one attached hydrogen (secondary N) is 2. The van der Waals surface area contributed by atoms with Crippen molar-refractivity contribution in [2.75, 3.05) is 26.2 Å². The molecule has 6 nitrogen and oxygen atoms in total. The summed E-state index contributed by atoms with van der Waals surface area (Å²) in [6.45, 7) is 4.06. The second-order valence-electron chi connectivity index (χ2n) is 8.41. The topological polar surface area (TPSA) is 66.4 Å². The Kier molecular flexibility index (Phi) is 5.37. The van der Waals surface area contributed by atoms with Gasteiger partial charge in [0.25, 0.3) is 0 Å². The zero-order chi connectivity index (χ0) is 20.6. The molecule has 2 fully saturated rings. The van der Waals surface area contributed by atoms with Gasteiger partial charge in [0.05, 0.1) is 4.90 Å². The van der Waals surface area contributed by atoms with E-state index in [1.807, 2.05) is 6.07 Å². The van der Waals surface area contributed by atoms with Gasteiger partial charge in [-0.25, -0.2) is 8.42 Å². The molecule has 2 saturated heterocycles. The largest absolute Gasteiger partial charge is 0.347 e. The minimum atomic E-state index is -3.38. The molecule has 1 aromatic heterocycles. The molecule has 0 amide bonds. The van der Waals surface area contributed by atoms with Crippen molar-refractivity contribution < 1.29 is 8.42 Å². The molecule has 158 valence electrons. The molecule has 3 aromatic rings. The van der Waals surface area contributed by atoms with Crippen LogP contribution in [0.2, 0.25) is 0 Å². The summed E-state index contributed by atoms with van der Waals surface area (Å²) in [4.78, 5) is 0.392. The zero-order valence-electron chi connectivity index (χ0n) is 17.0. The summed E-state index contributed by atoms with van der Waals surface area (Å²) in [5.74, 6) is 1.01. The van der Waals surface area contributed by atoms with Gasteiger partial charge in [-0.3, -0.25) is 10.9 Å². The molecule has 3 heterocycles. The Labute approximate surface area is 177 Å². The van der Waals surface area contributed by atoms with E-state index in [-0.39, 0.29) is 0 Å². The minimum absolute atomic E-state index is 0.392. The van der Waals surface area contributed by atoms with E-state index in [0.29, 0.717) is 29.8 Å². The number of piperidine rings is 1. The van der Waals surface area contributed by atoms with Crippen molar-refractivity contribution >= 4 is 20.9 Å². The molecule has 2 N–H and O–H groups in total. The highest BCUT2D eigenvalue weighted by atomic mass is 32.2. The first kappa shape index (κ1) is 19.8. The van der Waals surface area contributed by atoms with Gasteiger partial charge in [-0.1, -0.05) is 24.3 Å². The molecule has 0 radical (unpaired) electrons. The summed E-state index contributed by atoms with van der Waals surface area (Å²) in [7, 11) is -3.38. The molecule has 0 atom stereocenters. The number of benzene rings is 2. The quantitative estimate of drug-likeness (QED) is 0.661. The molecule has 2 aromatic carbocycles. The first-order chi connectivity index (χ1) is 14.6. The Bertz CT molecular complexity index is 1110. The van der Waals surface area contributed by atoms with Gasteiger partial charge in [0.15, 0.2) is 0 Å². The minimum Gasteiger partial charge on any atom is -0.347 e. The monoisotopic (exact) mass is 424 g/mol. The van der Waals surface area contributed by atoms with E-state index in [1.165, 1.54) is 16.5 Å². The highest BCUT2D eigenvalue weighted by Gasteiger charge is 2.29. The Balaban J connectivity index is 1.25. The summed E-state index contributed by atoms with van der Waals surface area (Å²) in [5.41, 5.74) is 9.04. The number of nitrogens with zero attached hydrogens (tertiary/aromatic N) is 2. The van der Waals surface area contributed by atoms with Crippen LogP contribution in [0.25, 0.3) is 10.9 Å². The molecule has 2 aliphatic rings. The third-order valence-electron chi connectivity index (χ3n) is 6.50. The Morgan fingerprint density at radius 3 is 2.40 bits per heavy atom. The summed E-state index contributed by atoms with van der Waals surface area (Å²) < 4.78 is 29.6. The lowest BCUT2D eigenvalue weighted by Crippen LogP contribution is -2.39. The van der Waals surface area contributed by atoms with Crippen LogP contribution in [0.4, 0.5) is 0 Å². The van der Waals surface area contributed by atoms with Crippen LogP contribution in [0.15, 0.2) is 65.7 Å². The van der Waals surface area contributed by atoms with Crippen LogP contribution in [0.1, 0.15) is 24.3 Å². The molecular weight excluding hydrogens is 396 g/mol. The van der Waals surface area contributed by atoms with E-state index in [2.05, 4.69) is 45.9 Å². The van der Waals surface area contributed by atoms with Crippen LogP contribution in [-0.2, 0) is 16.6 Å². The summed E-state index contributed by atoms with van der Waals surface area (Å²) >= 11 is 0. The number of fused-ring (bicyclic) bond motifs is 1. The van der Waals surface area contributed by atoms with Crippen molar-refractivity contribution in [3.63, 3.8) is 0 Å². The molecule has 0 spiro atoms. The van der Waals surface area contributed by atoms with Gasteiger partial charge in [-0.05, 0) is 60.0 Å². The average molecular weight is 425 g/mol. The van der Waals surface area contributed by atoms with E-state index in [1.54, 1.807) is 28.6 Å². The molecule has 7 heteroatoms. The van der Waals surface area contributed by atoms with Crippen LogP contribution in [0.5, 0.6) is 0 Å². The lowest BCUT2D eigenvalue weighted by Gasteiger charge is -2.31. The van der Waals surface area contributed by atoms with Crippen LogP contribution >= 0.6 is 0 Å². The third kappa shape index (κ3) is 3.78. The maximum atomic E-state index is 12.8. The summed E-state index contributed by atoms with van der Waals surface area (Å²) in [6, 6.07) is 17.7. The fourth-order valence-corrected chi connectivity index (χ4v) is 6.17. The number of rotatable bonds is 5. The Morgan fingerprint density at radius 1 is 0.933 bits per heavy atom. The van der Waals surface area contributed by atoms with Gasteiger partial charge < -0.3 is 4.57 Å². The first-order valence-electron chi connectivity index (χ1n) is 10.7. The highest BCUT2D eigenvalue weighted by Crippen LogP contribution is 2.28. The Hall–Kier alpha value is -2.19. The van der Waals surface area contributed by atoms with Crippen LogP contribution in [0, 0.1) is 5.92 Å². The van der Waals surface area contributed by atoms with Crippen molar-refractivity contribution in [1.82, 2.24) is 19.7 Å². The number of hydrazine groups is 1. The normalized spacial score (nSPS) is 19.6. The summed E-state index contributed by atoms with van der Waals surface area (Å²) in [6.07, 6.45) is 3.96. The average Bonchev–Trinajstić information content (AvgIpc) is 3.45. The molecular formula is C23H28N4O2S. The lowest BCUT2D eigenvalue weighted by atomic mass is 9.97. The van der Waals surface area contributed by atoms with E-state index in [9.17, 15) is 8.42 Å². The van der Waals surface area contributed by atoms with Crippen LogP contribution < -0.4 is 10.9 Å². The second kappa shape index (κ2) is 8.15. The van der Waals surface area contributed by atoms with E-state index in [0.717, 1.165) is 32.5 Å². The van der Waals surface area contributed by atoms with Gasteiger partial charge in [0.1, 0.15) is 0 Å². The Morgan fingerprint density at radius 2 is 1.67 bits per heavy atom. The lowest BCUT2D eigenvalue weighted by molar-refractivity contribution is 0.254. The fourth-order valence-electron chi connectivity index (χ4n) is 4.68. The number of hydrogen-bond donors (Lipinski definition) is 2. The summed E-state index contributed by atoms with van der Waals surface area (Å²) in [5, 5.41) is 1.28. The maximum absolute atomic E-state index is 12.8. The number of sulfonamides is 1. The predicted octanol–water partition coefficient (Wildman–Crippen LogP) is 2.93. The fraction of sp³-hybridized carbons (Fsp3) is 0.391. The van der Waals surface area contributed by atoms with Crippen molar-refractivity contribution in [3.05, 3.63) is 66.4 Å². The van der Waals surface area contributed by atoms with E-state index in [4.69, 9.17) is 0 Å². The SMILES string of the molecule is O=S(=O)(c1ccccc1)N1CCC(Cn2ccc3cc(C4CNNC4)ccc32)CC1. The first-order valence-corrected chi connectivity index (χ1v) is 12.1. The van der Waals surface area contributed by atoms with Gasteiger partial charge in [0.2, 0.25) is 10.0 Å². The molecule has 2 aliphatic heterocycles. The van der Waals surface area contributed by atoms with Gasteiger partial charge in [-0.2, -0.15) is 4.31 Å². The number of aromatic nitrogens is 1. The van der Waals surface area contributed by atoms with Gasteiger partial charge in [-0.15, -0.1) is 0 Å². The van der Waals surface area contributed by atoms with Gasteiger partial charge in [0, 0.05) is 50.4 Å². The number of hydrogen-bond acceptors (Lipinski definition) is 4. The predicted molar refractivity (Wildman–Crippen MR) is 119 cm³/mol. The molecule has 5 rings (SSSR count). The molecule has 0 saturated carbocycles. The van der Waals surface area contributed by atoms with Crippen molar-refractivity contribution in [2.24, 2.45) is 5.92 Å². The maximum Gasteiger partial charge on any atom is 0.243 e. The van der Waals surface area contributed by atoms with Crippen molar-refractivity contribution in [3.8, 4) is 0 Å². The molecule has 0 unspecified atom stereocenters. The van der Waals surface area contributed by atoms with Crippen LogP contribution in [-0.4, -0.2) is 43.5 Å². The second-order valence-corrected chi connectivity index (χ2v) is 10.3. The molecule has 0 bridgehead atoms. The van der Waals surface area contributed by atoms with Crippen molar-refractivity contribution in [2.45, 2.75) is 30.2 Å². The molecule has 0 aliphatic carbocycles. The highest BCUT2D eigenvalue weighted by molar-refractivity contribution is 7.89. The van der Waals surface area contributed by atoms with Gasteiger partial charge >= 0.3 is 0 Å². The zero-order valence-corrected chi connectivity index (χ0v) is 17.8. The smallest absolute Gasteiger partial charge is 0.243 e. The molecule has 30 heavy (non-hydrogen) atoms. The standard InChI is InChI=1S/C23H28N4O2S/c28-30(29,22-4-2-1-3-5-22)27-12-8-18(9-13-27)17-26-11-10-20-14-19(6-7-23(20)26)21-15-24-25-16-21/h1-7,10-11,14,18,21,24-25H,8-9,12-13,15-17H2. The van der Waals surface area contributed by atoms with E-state index < -0.39 is 10.0 Å². The van der Waals surface area contributed by atoms with E-state index >= 15 is 0 Å². The van der Waals surface area contributed by atoms with Crippen molar-refractivity contribution in [1.29, 1.82) is 0 Å².